The van der Waals surface area contributed by atoms with Crippen LogP contribution < -0.4 is 5.32 Å². The van der Waals surface area contributed by atoms with Crippen molar-refractivity contribution < 1.29 is 14.3 Å². The molecule has 0 spiro atoms. The molecule has 4 nitrogen and oxygen atoms in total. The summed E-state index contributed by atoms with van der Waals surface area (Å²) in [4.78, 5) is 24.2. The summed E-state index contributed by atoms with van der Waals surface area (Å²) < 4.78 is 5.23. The maximum Gasteiger partial charge on any atom is 0.408 e. The summed E-state index contributed by atoms with van der Waals surface area (Å²) >= 11 is 0. The van der Waals surface area contributed by atoms with Crippen molar-refractivity contribution >= 4 is 11.9 Å². The maximum absolute atomic E-state index is 12.4. The molecule has 1 aliphatic rings. The lowest BCUT2D eigenvalue weighted by Gasteiger charge is -2.25. The first-order valence-corrected chi connectivity index (χ1v) is 7.07. The Morgan fingerprint density at radius 1 is 1.26 bits per heavy atom. The second-order valence-corrected chi connectivity index (χ2v) is 7.25. The van der Waals surface area contributed by atoms with E-state index in [0.717, 1.165) is 12.8 Å². The minimum Gasteiger partial charge on any atom is -0.444 e. The lowest BCUT2D eigenvalue weighted by Crippen LogP contribution is -2.46. The summed E-state index contributed by atoms with van der Waals surface area (Å²) in [6, 6.07) is -0.428. The van der Waals surface area contributed by atoms with Crippen molar-refractivity contribution in [1.29, 1.82) is 0 Å². The Kier molecular flexibility index (Phi) is 4.64. The van der Waals surface area contributed by atoms with Crippen LogP contribution in [0.5, 0.6) is 0 Å². The quantitative estimate of drug-likeness (QED) is 0.833. The molecule has 1 atom stereocenters. The van der Waals surface area contributed by atoms with Gasteiger partial charge in [0.25, 0.3) is 0 Å². The van der Waals surface area contributed by atoms with E-state index in [-0.39, 0.29) is 11.2 Å². The zero-order valence-electron chi connectivity index (χ0n) is 13.0. The molecule has 1 rings (SSSR count). The fourth-order valence-corrected chi connectivity index (χ4v) is 2.01. The first-order chi connectivity index (χ1) is 8.53. The van der Waals surface area contributed by atoms with Crippen LogP contribution in [0.4, 0.5) is 4.79 Å². The van der Waals surface area contributed by atoms with Gasteiger partial charge in [-0.25, -0.2) is 4.79 Å². The average Bonchev–Trinajstić information content (AvgIpc) is 2.92. The van der Waals surface area contributed by atoms with Gasteiger partial charge in [-0.2, -0.15) is 0 Å². The molecular formula is C15H27NO3. The Morgan fingerprint density at radius 2 is 1.79 bits per heavy atom. The molecule has 110 valence electrons. The number of ether oxygens (including phenoxy) is 1. The van der Waals surface area contributed by atoms with Gasteiger partial charge >= 0.3 is 6.09 Å². The second kappa shape index (κ2) is 5.51. The van der Waals surface area contributed by atoms with Gasteiger partial charge in [0.2, 0.25) is 0 Å². The number of alkyl carbamates (subject to hydrolysis) is 1. The molecule has 0 aromatic carbocycles. The van der Waals surface area contributed by atoms with Crippen LogP contribution in [0.1, 0.15) is 60.8 Å². The van der Waals surface area contributed by atoms with Gasteiger partial charge in [0.15, 0.2) is 5.78 Å². The SMILES string of the molecule is CC(C)C[C@@H](NC(=O)OC(C)(C)C)C(=O)C1(C)CC1. The van der Waals surface area contributed by atoms with Crippen LogP contribution in [-0.4, -0.2) is 23.5 Å². The Bertz CT molecular complexity index is 351. The van der Waals surface area contributed by atoms with Gasteiger partial charge in [0.05, 0.1) is 6.04 Å². The van der Waals surface area contributed by atoms with E-state index in [1.807, 2.05) is 41.5 Å². The Labute approximate surface area is 116 Å². The molecule has 1 N–H and O–H groups in total. The van der Waals surface area contributed by atoms with Crippen LogP contribution in [-0.2, 0) is 9.53 Å². The van der Waals surface area contributed by atoms with Crippen LogP contribution in [0.15, 0.2) is 0 Å². The normalized spacial score (nSPS) is 18.9. The number of rotatable bonds is 5. The smallest absolute Gasteiger partial charge is 0.408 e. The lowest BCUT2D eigenvalue weighted by molar-refractivity contribution is -0.126. The Morgan fingerprint density at radius 3 is 2.16 bits per heavy atom. The molecular weight excluding hydrogens is 242 g/mol. The van der Waals surface area contributed by atoms with Crippen LogP contribution in [0.25, 0.3) is 0 Å². The first-order valence-electron chi connectivity index (χ1n) is 7.07. The number of hydrogen-bond donors (Lipinski definition) is 1. The summed E-state index contributed by atoms with van der Waals surface area (Å²) in [5.74, 6) is 0.498. The van der Waals surface area contributed by atoms with Crippen molar-refractivity contribution in [2.24, 2.45) is 11.3 Å². The third-order valence-corrected chi connectivity index (χ3v) is 3.31. The second-order valence-electron chi connectivity index (χ2n) is 7.25. The van der Waals surface area contributed by atoms with Crippen molar-refractivity contribution in [3.05, 3.63) is 0 Å². The molecule has 1 amide bonds. The van der Waals surface area contributed by atoms with E-state index in [0.29, 0.717) is 12.3 Å². The van der Waals surface area contributed by atoms with Gasteiger partial charge in [-0.15, -0.1) is 0 Å². The predicted molar refractivity (Wildman–Crippen MR) is 75.0 cm³/mol. The molecule has 0 radical (unpaired) electrons. The Hall–Kier alpha value is -1.06. The van der Waals surface area contributed by atoms with Gasteiger partial charge < -0.3 is 10.1 Å². The highest BCUT2D eigenvalue weighted by Gasteiger charge is 2.47. The summed E-state index contributed by atoms with van der Waals surface area (Å²) in [5, 5.41) is 2.74. The van der Waals surface area contributed by atoms with Crippen molar-refractivity contribution in [3.63, 3.8) is 0 Å². The third kappa shape index (κ3) is 5.21. The molecule has 0 bridgehead atoms. The molecule has 0 saturated heterocycles. The number of Topliss-reactive ketones (excluding diaryl/α,β-unsaturated/α-hetero) is 1. The molecule has 1 saturated carbocycles. The van der Waals surface area contributed by atoms with Crippen molar-refractivity contribution in [2.45, 2.75) is 72.4 Å². The lowest BCUT2D eigenvalue weighted by atomic mass is 9.91. The molecule has 1 aliphatic carbocycles. The summed E-state index contributed by atoms with van der Waals surface area (Å²) in [5.41, 5.74) is -0.770. The summed E-state index contributed by atoms with van der Waals surface area (Å²) in [7, 11) is 0. The zero-order valence-corrected chi connectivity index (χ0v) is 13.0. The number of carbonyl (C=O) groups excluding carboxylic acids is 2. The van der Waals surface area contributed by atoms with Gasteiger partial charge in [0.1, 0.15) is 5.60 Å². The zero-order chi connectivity index (χ0) is 14.8. The van der Waals surface area contributed by atoms with Crippen LogP contribution in [0.3, 0.4) is 0 Å². The van der Waals surface area contributed by atoms with E-state index in [2.05, 4.69) is 5.32 Å². The third-order valence-electron chi connectivity index (χ3n) is 3.31. The van der Waals surface area contributed by atoms with E-state index in [1.54, 1.807) is 0 Å². The molecule has 0 aromatic heterocycles. The van der Waals surface area contributed by atoms with Crippen LogP contribution in [0.2, 0.25) is 0 Å². The van der Waals surface area contributed by atoms with E-state index in [4.69, 9.17) is 4.74 Å². The fourth-order valence-electron chi connectivity index (χ4n) is 2.01. The van der Waals surface area contributed by atoms with Crippen LogP contribution >= 0.6 is 0 Å². The van der Waals surface area contributed by atoms with Gasteiger partial charge in [0, 0.05) is 5.41 Å². The largest absolute Gasteiger partial charge is 0.444 e. The molecule has 0 heterocycles. The number of hydrogen-bond acceptors (Lipinski definition) is 3. The van der Waals surface area contributed by atoms with Crippen molar-refractivity contribution in [2.75, 3.05) is 0 Å². The van der Waals surface area contributed by atoms with E-state index in [9.17, 15) is 9.59 Å². The number of nitrogens with one attached hydrogen (secondary N) is 1. The molecule has 0 aliphatic heterocycles. The fraction of sp³-hybridized carbons (Fsp3) is 0.867. The van der Waals surface area contributed by atoms with E-state index < -0.39 is 17.7 Å². The summed E-state index contributed by atoms with van der Waals surface area (Å²) in [6.45, 7) is 11.5. The maximum atomic E-state index is 12.4. The highest BCUT2D eigenvalue weighted by atomic mass is 16.6. The molecule has 0 unspecified atom stereocenters. The number of ketones is 1. The minimum absolute atomic E-state index is 0.145. The number of carbonyl (C=O) groups is 2. The predicted octanol–water partition coefficient (Wildman–Crippen LogP) is 3.30. The van der Waals surface area contributed by atoms with E-state index in [1.165, 1.54) is 0 Å². The van der Waals surface area contributed by atoms with Crippen molar-refractivity contribution in [3.8, 4) is 0 Å². The highest BCUT2D eigenvalue weighted by Crippen LogP contribution is 2.47. The van der Waals surface area contributed by atoms with Crippen LogP contribution in [0, 0.1) is 11.3 Å². The minimum atomic E-state index is -0.543. The van der Waals surface area contributed by atoms with Crippen molar-refractivity contribution in [1.82, 2.24) is 5.32 Å². The topological polar surface area (TPSA) is 55.4 Å². The summed E-state index contributed by atoms with van der Waals surface area (Å²) in [6.07, 6.45) is 2.01. The van der Waals surface area contributed by atoms with Gasteiger partial charge in [-0.3, -0.25) is 4.79 Å². The van der Waals surface area contributed by atoms with E-state index >= 15 is 0 Å². The number of amides is 1. The molecule has 19 heavy (non-hydrogen) atoms. The average molecular weight is 269 g/mol. The monoisotopic (exact) mass is 269 g/mol. The molecule has 1 fully saturated rings. The Balaban J connectivity index is 2.64. The molecule has 0 aromatic rings. The first kappa shape index (κ1) is 16.0. The van der Waals surface area contributed by atoms with Gasteiger partial charge in [-0.1, -0.05) is 20.8 Å². The van der Waals surface area contributed by atoms with Gasteiger partial charge in [-0.05, 0) is 46.0 Å². The molecule has 4 heteroatoms. The highest BCUT2D eigenvalue weighted by molar-refractivity contribution is 5.93. The standard InChI is InChI=1S/C15H27NO3/c1-10(2)9-11(12(17)15(6)7-8-15)16-13(18)19-14(3,4)5/h10-11H,7-9H2,1-6H3,(H,16,18)/t11-/m1/s1.